The van der Waals surface area contributed by atoms with Crippen LogP contribution in [-0.4, -0.2) is 4.98 Å². The molecule has 0 spiro atoms. The molecule has 0 amide bonds. The zero-order valence-electron chi connectivity index (χ0n) is 11.5. The van der Waals surface area contributed by atoms with Gasteiger partial charge in [0.05, 0.1) is 5.52 Å². The Bertz CT molecular complexity index is 759. The molecule has 1 nitrogen and oxygen atoms in total. The van der Waals surface area contributed by atoms with Crippen LogP contribution < -0.4 is 0 Å². The summed E-state index contributed by atoms with van der Waals surface area (Å²) in [4.78, 5) is 4.68. The van der Waals surface area contributed by atoms with Crippen molar-refractivity contribution >= 4 is 10.9 Å². The lowest BCUT2D eigenvalue weighted by Gasteiger charge is -2.19. The van der Waals surface area contributed by atoms with Gasteiger partial charge in [-0.3, -0.25) is 4.98 Å². The maximum absolute atomic E-state index is 4.68. The van der Waals surface area contributed by atoms with Crippen LogP contribution in [0.15, 0.2) is 54.7 Å². The molecule has 3 aromatic rings. The summed E-state index contributed by atoms with van der Waals surface area (Å²) in [6.07, 6.45) is 7.06. The number of fused-ring (bicyclic) bond motifs is 3. The SMILES string of the molecule is c1ccc(-c2cccc3ncc4c(c23)CCCC4)cc1. The van der Waals surface area contributed by atoms with Gasteiger partial charge in [-0.1, -0.05) is 42.5 Å². The Morgan fingerprint density at radius 1 is 0.800 bits per heavy atom. The lowest BCUT2D eigenvalue weighted by atomic mass is 9.87. The Kier molecular flexibility index (Phi) is 2.77. The second kappa shape index (κ2) is 4.75. The van der Waals surface area contributed by atoms with Crippen LogP contribution in [0.4, 0.5) is 0 Å². The highest BCUT2D eigenvalue weighted by Gasteiger charge is 2.16. The Morgan fingerprint density at radius 2 is 1.65 bits per heavy atom. The van der Waals surface area contributed by atoms with Gasteiger partial charge in [0.2, 0.25) is 0 Å². The number of pyridine rings is 1. The fourth-order valence-electron chi connectivity index (χ4n) is 3.33. The number of hydrogen-bond donors (Lipinski definition) is 0. The van der Waals surface area contributed by atoms with Crippen LogP contribution in [0.25, 0.3) is 22.0 Å². The predicted molar refractivity (Wildman–Crippen MR) is 83.8 cm³/mol. The average molecular weight is 259 g/mol. The smallest absolute Gasteiger partial charge is 0.0711 e. The van der Waals surface area contributed by atoms with Crippen molar-refractivity contribution in [3.05, 3.63) is 65.9 Å². The van der Waals surface area contributed by atoms with Gasteiger partial charge in [-0.2, -0.15) is 0 Å². The Hall–Kier alpha value is -2.15. The van der Waals surface area contributed by atoms with E-state index in [4.69, 9.17) is 0 Å². The first-order valence-electron chi connectivity index (χ1n) is 7.38. The number of hydrogen-bond acceptors (Lipinski definition) is 1. The molecule has 1 heteroatoms. The van der Waals surface area contributed by atoms with Crippen LogP contribution in [0.1, 0.15) is 24.0 Å². The van der Waals surface area contributed by atoms with Crippen molar-refractivity contribution < 1.29 is 0 Å². The molecule has 1 aromatic heterocycles. The van der Waals surface area contributed by atoms with E-state index in [9.17, 15) is 0 Å². The molecule has 0 atom stereocenters. The van der Waals surface area contributed by atoms with Gasteiger partial charge < -0.3 is 0 Å². The zero-order chi connectivity index (χ0) is 13.4. The summed E-state index contributed by atoms with van der Waals surface area (Å²) in [6, 6.07) is 17.2. The van der Waals surface area contributed by atoms with Crippen molar-refractivity contribution in [2.75, 3.05) is 0 Å². The summed E-state index contributed by atoms with van der Waals surface area (Å²) in [5.41, 5.74) is 6.73. The van der Waals surface area contributed by atoms with Crippen molar-refractivity contribution in [2.24, 2.45) is 0 Å². The summed E-state index contributed by atoms with van der Waals surface area (Å²) in [7, 11) is 0. The molecule has 0 saturated carbocycles. The van der Waals surface area contributed by atoms with Crippen LogP contribution in [0.3, 0.4) is 0 Å². The van der Waals surface area contributed by atoms with Crippen molar-refractivity contribution in [3.8, 4) is 11.1 Å². The van der Waals surface area contributed by atoms with Gasteiger partial charge in [-0.05, 0) is 54.0 Å². The van der Waals surface area contributed by atoms with E-state index in [1.165, 1.54) is 53.3 Å². The molecular formula is C19H17N. The molecule has 0 N–H and O–H groups in total. The summed E-state index contributed by atoms with van der Waals surface area (Å²) >= 11 is 0. The molecule has 98 valence electrons. The average Bonchev–Trinajstić information content (AvgIpc) is 2.55. The van der Waals surface area contributed by atoms with E-state index in [1.807, 2.05) is 0 Å². The Balaban J connectivity index is 2.06. The highest BCUT2D eigenvalue weighted by atomic mass is 14.7. The zero-order valence-corrected chi connectivity index (χ0v) is 11.5. The third-order valence-electron chi connectivity index (χ3n) is 4.30. The van der Waals surface area contributed by atoms with E-state index < -0.39 is 0 Å². The van der Waals surface area contributed by atoms with Crippen LogP contribution >= 0.6 is 0 Å². The first-order chi connectivity index (χ1) is 9.93. The minimum absolute atomic E-state index is 1.13. The fraction of sp³-hybridized carbons (Fsp3) is 0.211. The van der Waals surface area contributed by atoms with Crippen molar-refractivity contribution in [1.82, 2.24) is 4.98 Å². The lowest BCUT2D eigenvalue weighted by molar-refractivity contribution is 0.687. The summed E-state index contributed by atoms with van der Waals surface area (Å²) in [5.74, 6) is 0. The predicted octanol–water partition coefficient (Wildman–Crippen LogP) is 4.78. The summed E-state index contributed by atoms with van der Waals surface area (Å²) < 4.78 is 0. The second-order valence-electron chi connectivity index (χ2n) is 5.53. The molecule has 1 aliphatic rings. The van der Waals surface area contributed by atoms with Crippen molar-refractivity contribution in [2.45, 2.75) is 25.7 Å². The first-order valence-corrected chi connectivity index (χ1v) is 7.38. The van der Waals surface area contributed by atoms with E-state index in [0.29, 0.717) is 0 Å². The molecule has 0 radical (unpaired) electrons. The van der Waals surface area contributed by atoms with E-state index >= 15 is 0 Å². The first kappa shape index (κ1) is 11.7. The quantitative estimate of drug-likeness (QED) is 0.613. The van der Waals surface area contributed by atoms with Gasteiger partial charge in [0.15, 0.2) is 0 Å². The molecule has 2 aromatic carbocycles. The van der Waals surface area contributed by atoms with Crippen molar-refractivity contribution in [3.63, 3.8) is 0 Å². The van der Waals surface area contributed by atoms with Gasteiger partial charge in [-0.25, -0.2) is 0 Å². The van der Waals surface area contributed by atoms with Crippen LogP contribution in [0.2, 0.25) is 0 Å². The molecule has 0 fully saturated rings. The van der Waals surface area contributed by atoms with Crippen LogP contribution in [0.5, 0.6) is 0 Å². The van der Waals surface area contributed by atoms with E-state index in [2.05, 4.69) is 59.7 Å². The monoisotopic (exact) mass is 259 g/mol. The summed E-state index contributed by atoms with van der Waals surface area (Å²) in [5, 5.41) is 1.37. The molecule has 0 bridgehead atoms. The number of rotatable bonds is 1. The number of aromatic nitrogens is 1. The molecule has 0 aliphatic heterocycles. The van der Waals surface area contributed by atoms with E-state index in [1.54, 1.807) is 0 Å². The highest BCUT2D eigenvalue weighted by molar-refractivity contribution is 5.97. The number of aryl methyl sites for hydroxylation is 2. The molecule has 4 rings (SSSR count). The molecule has 20 heavy (non-hydrogen) atoms. The molecular weight excluding hydrogens is 242 g/mol. The van der Waals surface area contributed by atoms with Crippen molar-refractivity contribution in [1.29, 1.82) is 0 Å². The summed E-state index contributed by atoms with van der Waals surface area (Å²) in [6.45, 7) is 0. The minimum Gasteiger partial charge on any atom is -0.256 e. The third kappa shape index (κ3) is 1.82. The second-order valence-corrected chi connectivity index (χ2v) is 5.53. The molecule has 1 aliphatic carbocycles. The Labute approximate surface area is 119 Å². The molecule has 0 unspecified atom stereocenters. The highest BCUT2D eigenvalue weighted by Crippen LogP contribution is 2.34. The van der Waals surface area contributed by atoms with Gasteiger partial charge in [0.1, 0.15) is 0 Å². The molecule has 0 saturated heterocycles. The lowest BCUT2D eigenvalue weighted by Crippen LogP contribution is -2.05. The standard InChI is InChI=1S/C19H17N/c1-2-7-14(8-3-1)16-11-6-12-18-19(16)17-10-5-4-9-15(17)13-20-18/h1-3,6-8,11-13H,4-5,9-10H2. The number of nitrogens with zero attached hydrogens (tertiary/aromatic N) is 1. The number of benzene rings is 2. The van der Waals surface area contributed by atoms with E-state index in [-0.39, 0.29) is 0 Å². The fourth-order valence-corrected chi connectivity index (χ4v) is 3.33. The van der Waals surface area contributed by atoms with Gasteiger partial charge in [0.25, 0.3) is 0 Å². The largest absolute Gasteiger partial charge is 0.256 e. The minimum atomic E-state index is 1.13. The van der Waals surface area contributed by atoms with Gasteiger partial charge in [0, 0.05) is 11.6 Å². The van der Waals surface area contributed by atoms with Gasteiger partial charge in [-0.15, -0.1) is 0 Å². The maximum Gasteiger partial charge on any atom is 0.0711 e. The van der Waals surface area contributed by atoms with Gasteiger partial charge >= 0.3 is 0 Å². The third-order valence-corrected chi connectivity index (χ3v) is 4.30. The normalized spacial score (nSPS) is 14.2. The molecule has 1 heterocycles. The van der Waals surface area contributed by atoms with E-state index in [0.717, 1.165) is 5.52 Å². The van der Waals surface area contributed by atoms with Crippen LogP contribution in [-0.2, 0) is 12.8 Å². The topological polar surface area (TPSA) is 12.9 Å². The maximum atomic E-state index is 4.68. The van der Waals surface area contributed by atoms with Crippen LogP contribution in [0, 0.1) is 0 Å². The Morgan fingerprint density at radius 3 is 2.55 bits per heavy atom.